The van der Waals surface area contributed by atoms with Gasteiger partial charge in [-0.2, -0.15) is 13.2 Å². The van der Waals surface area contributed by atoms with Crippen LogP contribution in [-0.4, -0.2) is 30.2 Å². The van der Waals surface area contributed by atoms with Crippen molar-refractivity contribution in [2.24, 2.45) is 5.16 Å². The molecule has 0 aliphatic heterocycles. The molecule has 0 aromatic heterocycles. The fourth-order valence-electron chi connectivity index (χ4n) is 1.10. The van der Waals surface area contributed by atoms with Gasteiger partial charge in [-0.1, -0.05) is 35.5 Å². The van der Waals surface area contributed by atoms with Gasteiger partial charge in [-0.05, 0) is 5.56 Å². The Hall–Kier alpha value is -1.56. The van der Waals surface area contributed by atoms with Crippen molar-refractivity contribution in [1.29, 1.82) is 0 Å². The smallest absolute Gasteiger partial charge is 0.396 e. The quantitative estimate of drug-likeness (QED) is 0.641. The van der Waals surface area contributed by atoms with E-state index in [4.69, 9.17) is 5.11 Å². The van der Waals surface area contributed by atoms with E-state index in [0.717, 1.165) is 0 Å². The third kappa shape index (κ3) is 4.86. The summed E-state index contributed by atoms with van der Waals surface area (Å²) in [6.07, 6.45) is -5.95. The summed E-state index contributed by atoms with van der Waals surface area (Å²) in [5.41, 5.74) is 0.637. The molecular weight excluding hydrogens is 235 g/mol. The maximum Gasteiger partial charge on any atom is 0.428 e. The van der Waals surface area contributed by atoms with Crippen LogP contribution in [0.4, 0.5) is 13.2 Å². The summed E-state index contributed by atoms with van der Waals surface area (Å²) >= 11 is 0. The molecule has 0 unspecified atom stereocenters. The predicted molar refractivity (Wildman–Crippen MR) is 56.7 cm³/mol. The molecule has 1 N–H and O–H groups in total. The molecule has 3 nitrogen and oxygen atoms in total. The lowest BCUT2D eigenvalue weighted by molar-refractivity contribution is -0.223. The molecule has 17 heavy (non-hydrogen) atoms. The van der Waals surface area contributed by atoms with Crippen molar-refractivity contribution in [3.63, 3.8) is 0 Å². The number of benzene rings is 1. The lowest BCUT2D eigenvalue weighted by atomic mass is 10.2. The van der Waals surface area contributed by atoms with Gasteiger partial charge in [-0.3, -0.25) is 0 Å². The fourth-order valence-corrected chi connectivity index (χ4v) is 1.10. The summed E-state index contributed by atoms with van der Waals surface area (Å²) in [6.45, 7) is -0.606. The Bertz CT molecular complexity index is 351. The van der Waals surface area contributed by atoms with E-state index in [1.807, 2.05) is 0 Å². The van der Waals surface area contributed by atoms with Crippen molar-refractivity contribution in [3.8, 4) is 0 Å². The normalized spacial score (nSPS) is 13.9. The van der Waals surface area contributed by atoms with Gasteiger partial charge in [0.05, 0.1) is 6.21 Å². The summed E-state index contributed by atoms with van der Waals surface area (Å²) < 4.78 is 37.0. The zero-order chi connectivity index (χ0) is 12.7. The van der Waals surface area contributed by atoms with E-state index in [2.05, 4.69) is 9.99 Å². The number of oxime groups is 1. The predicted octanol–water partition coefficient (Wildman–Crippen LogP) is 2.35. The minimum absolute atomic E-state index is 0.532. The zero-order valence-corrected chi connectivity index (χ0v) is 8.89. The molecule has 0 spiro atoms. The molecule has 1 rings (SSSR count). The van der Waals surface area contributed by atoms with Crippen molar-refractivity contribution in [3.05, 3.63) is 35.9 Å². The molecule has 0 radical (unpaired) electrons. The Kier molecular flexibility index (Phi) is 4.96. The SMILES string of the molecule is OCC[C@@H](O/N=C/c1ccccc1)C(F)(F)F. The first-order valence-electron chi connectivity index (χ1n) is 4.96. The van der Waals surface area contributed by atoms with E-state index >= 15 is 0 Å². The first kappa shape index (κ1) is 13.5. The zero-order valence-electron chi connectivity index (χ0n) is 8.89. The van der Waals surface area contributed by atoms with Crippen LogP contribution in [0.5, 0.6) is 0 Å². The Labute approximate surface area is 96.5 Å². The van der Waals surface area contributed by atoms with E-state index in [0.29, 0.717) is 5.56 Å². The number of alkyl halides is 3. The lowest BCUT2D eigenvalue weighted by Crippen LogP contribution is -2.31. The summed E-state index contributed by atoms with van der Waals surface area (Å²) in [6, 6.07) is 8.61. The first-order valence-corrected chi connectivity index (χ1v) is 4.96. The maximum absolute atomic E-state index is 12.3. The van der Waals surface area contributed by atoms with Crippen LogP contribution in [0.2, 0.25) is 0 Å². The molecular formula is C11H12F3NO2. The molecule has 0 bridgehead atoms. The van der Waals surface area contributed by atoms with Gasteiger partial charge in [0.25, 0.3) is 0 Å². The third-order valence-corrected chi connectivity index (χ3v) is 1.95. The van der Waals surface area contributed by atoms with Crippen LogP contribution in [0.25, 0.3) is 0 Å². The van der Waals surface area contributed by atoms with Crippen molar-refractivity contribution < 1.29 is 23.1 Å². The highest BCUT2D eigenvalue weighted by atomic mass is 19.4. The third-order valence-electron chi connectivity index (χ3n) is 1.95. The number of rotatable bonds is 5. The average molecular weight is 247 g/mol. The molecule has 1 atom stereocenters. The van der Waals surface area contributed by atoms with Gasteiger partial charge in [0.1, 0.15) is 0 Å². The molecule has 94 valence electrons. The molecule has 0 saturated heterocycles. The minimum Gasteiger partial charge on any atom is -0.396 e. The minimum atomic E-state index is -4.53. The Morgan fingerprint density at radius 1 is 1.29 bits per heavy atom. The fraction of sp³-hybridized carbons (Fsp3) is 0.364. The van der Waals surface area contributed by atoms with E-state index in [1.54, 1.807) is 30.3 Å². The maximum atomic E-state index is 12.3. The number of aliphatic hydroxyl groups is 1. The molecule has 0 amide bonds. The second kappa shape index (κ2) is 6.24. The van der Waals surface area contributed by atoms with Gasteiger partial charge in [0.15, 0.2) is 0 Å². The molecule has 0 heterocycles. The van der Waals surface area contributed by atoms with Gasteiger partial charge in [-0.25, -0.2) is 0 Å². The van der Waals surface area contributed by atoms with Crippen LogP contribution >= 0.6 is 0 Å². The standard InChI is InChI=1S/C11H12F3NO2/c12-11(13,14)10(6-7-16)17-15-8-9-4-2-1-3-5-9/h1-5,8,10,16H,6-7H2/b15-8+/t10-/m1/s1. The van der Waals surface area contributed by atoms with Gasteiger partial charge < -0.3 is 9.94 Å². The number of aliphatic hydroxyl groups excluding tert-OH is 1. The molecule has 1 aromatic rings. The molecule has 0 aliphatic carbocycles. The largest absolute Gasteiger partial charge is 0.428 e. The highest BCUT2D eigenvalue weighted by Gasteiger charge is 2.41. The van der Waals surface area contributed by atoms with E-state index in [-0.39, 0.29) is 0 Å². The number of nitrogens with zero attached hydrogens (tertiary/aromatic N) is 1. The Balaban J connectivity index is 2.55. The molecule has 0 aliphatic rings. The monoisotopic (exact) mass is 247 g/mol. The van der Waals surface area contributed by atoms with Gasteiger partial charge in [0, 0.05) is 13.0 Å². The van der Waals surface area contributed by atoms with Crippen molar-refractivity contribution in [2.75, 3.05) is 6.61 Å². The van der Waals surface area contributed by atoms with Crippen molar-refractivity contribution in [1.82, 2.24) is 0 Å². The van der Waals surface area contributed by atoms with Gasteiger partial charge in [-0.15, -0.1) is 0 Å². The lowest BCUT2D eigenvalue weighted by Gasteiger charge is -2.16. The average Bonchev–Trinajstić information content (AvgIpc) is 2.28. The van der Waals surface area contributed by atoms with E-state index < -0.39 is 25.3 Å². The van der Waals surface area contributed by atoms with Crippen LogP contribution in [0.1, 0.15) is 12.0 Å². The molecule has 0 fully saturated rings. The summed E-state index contributed by atoms with van der Waals surface area (Å²) in [5, 5.41) is 11.8. The van der Waals surface area contributed by atoms with Gasteiger partial charge in [0.2, 0.25) is 6.10 Å². The Morgan fingerprint density at radius 2 is 1.94 bits per heavy atom. The van der Waals surface area contributed by atoms with Crippen molar-refractivity contribution >= 4 is 6.21 Å². The highest BCUT2D eigenvalue weighted by Crippen LogP contribution is 2.25. The second-order valence-electron chi connectivity index (χ2n) is 3.29. The second-order valence-corrected chi connectivity index (χ2v) is 3.29. The van der Waals surface area contributed by atoms with Crippen LogP contribution in [0.3, 0.4) is 0 Å². The summed E-state index contributed by atoms with van der Waals surface area (Å²) in [4.78, 5) is 4.34. The Morgan fingerprint density at radius 3 is 2.47 bits per heavy atom. The summed E-state index contributed by atoms with van der Waals surface area (Å²) in [7, 11) is 0. The van der Waals surface area contributed by atoms with Crippen LogP contribution in [-0.2, 0) is 4.84 Å². The summed E-state index contributed by atoms with van der Waals surface area (Å²) in [5.74, 6) is 0. The number of halogens is 3. The van der Waals surface area contributed by atoms with E-state index in [1.165, 1.54) is 6.21 Å². The topological polar surface area (TPSA) is 41.8 Å². The van der Waals surface area contributed by atoms with Crippen molar-refractivity contribution in [2.45, 2.75) is 18.7 Å². The molecule has 1 aromatic carbocycles. The molecule has 6 heteroatoms. The van der Waals surface area contributed by atoms with Crippen LogP contribution < -0.4 is 0 Å². The number of hydrogen-bond donors (Lipinski definition) is 1. The highest BCUT2D eigenvalue weighted by molar-refractivity contribution is 5.78. The van der Waals surface area contributed by atoms with Crippen LogP contribution in [0, 0.1) is 0 Å². The van der Waals surface area contributed by atoms with Crippen LogP contribution in [0.15, 0.2) is 35.5 Å². The van der Waals surface area contributed by atoms with E-state index in [9.17, 15) is 13.2 Å². The number of hydrogen-bond acceptors (Lipinski definition) is 3. The molecule has 0 saturated carbocycles. The van der Waals surface area contributed by atoms with Gasteiger partial charge >= 0.3 is 6.18 Å². The first-order chi connectivity index (χ1) is 8.04.